The quantitative estimate of drug-likeness (QED) is 0.198. The Kier molecular flexibility index (Phi) is 10.8. The van der Waals surface area contributed by atoms with E-state index in [2.05, 4.69) is 27.0 Å². The number of benzene rings is 2. The van der Waals surface area contributed by atoms with Crippen molar-refractivity contribution in [3.63, 3.8) is 0 Å². The smallest absolute Gasteiger partial charge is 0.408 e. The molecular weight excluding hydrogens is 601 g/mol. The van der Waals surface area contributed by atoms with Crippen LogP contribution in [0.3, 0.4) is 0 Å². The molecule has 0 aliphatic heterocycles. The van der Waals surface area contributed by atoms with Crippen LogP contribution >= 0.6 is 23.2 Å². The molecule has 3 amide bonds. The molecule has 0 saturated heterocycles. The number of carbonyl (C=O) groups is 3. The maximum absolute atomic E-state index is 14.1. The topological polar surface area (TPSA) is 136 Å². The second-order valence-electron chi connectivity index (χ2n) is 12.0. The molecule has 0 radical (unpaired) electrons. The lowest BCUT2D eigenvalue weighted by Gasteiger charge is -2.39. The largest absolute Gasteiger partial charge is 0.445 e. The SMILES string of the molecule is CCC(C)C(NC(=O)OCc1ccccc1)C(=O)N[C@]1(C(=O)N[C@H](C#N)CC(C)C)CCc2[nH]c3c(Cl)cc(Cl)cc3c2C1. The molecule has 1 aliphatic carbocycles. The van der Waals surface area contributed by atoms with E-state index >= 15 is 0 Å². The molecule has 4 N–H and O–H groups in total. The molecule has 11 heteroatoms. The van der Waals surface area contributed by atoms with Gasteiger partial charge in [0.2, 0.25) is 11.8 Å². The first kappa shape index (κ1) is 33.2. The van der Waals surface area contributed by atoms with Crippen molar-refractivity contribution >= 4 is 52.0 Å². The van der Waals surface area contributed by atoms with Crippen molar-refractivity contribution < 1.29 is 19.1 Å². The lowest BCUT2D eigenvalue weighted by atomic mass is 9.78. The Bertz CT molecular complexity index is 1550. The summed E-state index contributed by atoms with van der Waals surface area (Å²) < 4.78 is 5.40. The summed E-state index contributed by atoms with van der Waals surface area (Å²) in [5.74, 6) is -1.07. The van der Waals surface area contributed by atoms with E-state index in [1.165, 1.54) is 0 Å². The minimum atomic E-state index is -1.40. The molecule has 234 valence electrons. The predicted molar refractivity (Wildman–Crippen MR) is 171 cm³/mol. The Morgan fingerprint density at radius 2 is 1.84 bits per heavy atom. The van der Waals surface area contributed by atoms with Crippen molar-refractivity contribution in [2.24, 2.45) is 11.8 Å². The summed E-state index contributed by atoms with van der Waals surface area (Å²) in [6.45, 7) is 7.76. The number of aromatic nitrogens is 1. The van der Waals surface area contributed by atoms with Gasteiger partial charge in [0.1, 0.15) is 24.2 Å². The van der Waals surface area contributed by atoms with Crippen molar-refractivity contribution in [2.45, 2.75) is 84.0 Å². The lowest BCUT2D eigenvalue weighted by molar-refractivity contribution is -0.136. The fraction of sp³-hybridized carbons (Fsp3) is 0.455. The lowest BCUT2D eigenvalue weighted by Crippen LogP contribution is -2.66. The first-order chi connectivity index (χ1) is 21.0. The van der Waals surface area contributed by atoms with Crippen LogP contribution in [0.15, 0.2) is 42.5 Å². The summed E-state index contributed by atoms with van der Waals surface area (Å²) in [6, 6.07) is 13.2. The number of amides is 3. The fourth-order valence-corrected chi connectivity index (χ4v) is 6.19. The monoisotopic (exact) mass is 639 g/mol. The van der Waals surface area contributed by atoms with E-state index in [0.717, 1.165) is 22.2 Å². The molecule has 44 heavy (non-hydrogen) atoms. The number of H-pyrrole nitrogens is 1. The second kappa shape index (κ2) is 14.4. The van der Waals surface area contributed by atoms with E-state index < -0.39 is 35.5 Å². The van der Waals surface area contributed by atoms with Crippen LogP contribution in [0, 0.1) is 23.2 Å². The fourth-order valence-electron chi connectivity index (χ4n) is 5.65. The highest BCUT2D eigenvalue weighted by atomic mass is 35.5. The number of ether oxygens (including phenoxy) is 1. The Morgan fingerprint density at radius 3 is 2.50 bits per heavy atom. The molecule has 0 saturated carbocycles. The molecule has 1 aromatic heterocycles. The number of nitrogens with zero attached hydrogens (tertiary/aromatic N) is 1. The average Bonchev–Trinajstić information content (AvgIpc) is 3.36. The highest BCUT2D eigenvalue weighted by Gasteiger charge is 2.46. The zero-order valence-corrected chi connectivity index (χ0v) is 26.9. The van der Waals surface area contributed by atoms with Gasteiger partial charge in [-0.1, -0.05) is 87.6 Å². The Morgan fingerprint density at radius 1 is 1.11 bits per heavy atom. The number of nitrogens with one attached hydrogen (secondary N) is 4. The van der Waals surface area contributed by atoms with Crippen molar-refractivity contribution in [2.75, 3.05) is 0 Å². The Hall–Kier alpha value is -3.74. The van der Waals surface area contributed by atoms with Crippen molar-refractivity contribution in [3.8, 4) is 6.07 Å². The van der Waals surface area contributed by atoms with Gasteiger partial charge >= 0.3 is 6.09 Å². The summed E-state index contributed by atoms with van der Waals surface area (Å²) >= 11 is 12.8. The molecule has 2 aromatic carbocycles. The minimum absolute atomic E-state index is 0.0493. The van der Waals surface area contributed by atoms with E-state index in [-0.39, 0.29) is 31.3 Å². The minimum Gasteiger partial charge on any atom is -0.445 e. The highest BCUT2D eigenvalue weighted by molar-refractivity contribution is 6.38. The van der Waals surface area contributed by atoms with Crippen LogP contribution in [0.2, 0.25) is 10.0 Å². The summed E-state index contributed by atoms with van der Waals surface area (Å²) in [5, 5.41) is 20.1. The van der Waals surface area contributed by atoms with Gasteiger partial charge in [-0.25, -0.2) is 4.79 Å². The number of rotatable bonds is 11. The molecule has 0 bridgehead atoms. The predicted octanol–water partition coefficient (Wildman–Crippen LogP) is 6.21. The van der Waals surface area contributed by atoms with Gasteiger partial charge in [0.05, 0.1) is 16.6 Å². The molecule has 3 aromatic rings. The van der Waals surface area contributed by atoms with Gasteiger partial charge in [0, 0.05) is 22.5 Å². The first-order valence-electron chi connectivity index (χ1n) is 14.9. The average molecular weight is 641 g/mol. The van der Waals surface area contributed by atoms with Crippen molar-refractivity contribution in [3.05, 3.63) is 69.3 Å². The van der Waals surface area contributed by atoms with Crippen LogP contribution in [0.4, 0.5) is 4.79 Å². The van der Waals surface area contributed by atoms with Gasteiger partial charge in [0.15, 0.2) is 0 Å². The van der Waals surface area contributed by atoms with Crippen LogP contribution in [0.25, 0.3) is 10.9 Å². The molecule has 1 heterocycles. The zero-order valence-electron chi connectivity index (χ0n) is 25.4. The van der Waals surface area contributed by atoms with Crippen LogP contribution in [0.1, 0.15) is 63.8 Å². The number of aryl methyl sites for hydroxylation is 1. The Labute approximate surface area is 268 Å². The summed E-state index contributed by atoms with van der Waals surface area (Å²) in [6.07, 6.45) is 1.16. The normalized spacial score (nSPS) is 18.0. The standard InChI is InChI=1S/C33H39Cl2N5O4/c1-5-20(4)28(39-32(43)44-18-21-9-7-6-8-10-21)30(41)40-33(31(42)37-23(17-36)13-19(2)3)12-11-27-25(16-33)24-14-22(34)15-26(35)29(24)38-27/h6-10,14-15,19-20,23,28,38H,5,11-13,16,18H2,1-4H3,(H,37,42)(H,39,43)(H,40,41)/t20?,23-,28?,33+/m0/s1. The number of alkyl carbamates (subject to hydrolysis) is 1. The number of carbonyl (C=O) groups excluding carboxylic acids is 3. The molecular formula is C33H39Cl2N5O4. The second-order valence-corrected chi connectivity index (χ2v) is 12.8. The maximum Gasteiger partial charge on any atom is 0.408 e. The van der Waals surface area contributed by atoms with Gasteiger partial charge in [-0.3, -0.25) is 9.59 Å². The molecule has 0 fully saturated rings. The van der Waals surface area contributed by atoms with Crippen LogP contribution in [-0.2, 0) is 33.8 Å². The summed E-state index contributed by atoms with van der Waals surface area (Å²) in [5.41, 5.74) is 1.84. The van der Waals surface area contributed by atoms with Gasteiger partial charge in [-0.15, -0.1) is 0 Å². The molecule has 1 aliphatic rings. The van der Waals surface area contributed by atoms with Gasteiger partial charge in [-0.2, -0.15) is 5.26 Å². The van der Waals surface area contributed by atoms with Gasteiger partial charge in [-0.05, 0) is 54.4 Å². The molecule has 4 atom stereocenters. The van der Waals surface area contributed by atoms with E-state index in [4.69, 9.17) is 27.9 Å². The van der Waals surface area contributed by atoms with Crippen LogP contribution < -0.4 is 16.0 Å². The van der Waals surface area contributed by atoms with E-state index in [1.54, 1.807) is 12.1 Å². The molecule has 9 nitrogen and oxygen atoms in total. The molecule has 4 rings (SSSR count). The number of halogens is 2. The van der Waals surface area contributed by atoms with Gasteiger partial charge < -0.3 is 25.7 Å². The summed E-state index contributed by atoms with van der Waals surface area (Å²) in [4.78, 5) is 44.3. The number of hydrogen-bond acceptors (Lipinski definition) is 5. The third-order valence-electron chi connectivity index (χ3n) is 8.25. The Balaban J connectivity index is 1.64. The molecule has 2 unspecified atom stereocenters. The van der Waals surface area contributed by atoms with Crippen molar-refractivity contribution in [1.29, 1.82) is 5.26 Å². The third-order valence-corrected chi connectivity index (χ3v) is 8.76. The van der Waals surface area contributed by atoms with E-state index in [0.29, 0.717) is 34.8 Å². The summed E-state index contributed by atoms with van der Waals surface area (Å²) in [7, 11) is 0. The van der Waals surface area contributed by atoms with E-state index in [9.17, 15) is 19.6 Å². The highest BCUT2D eigenvalue weighted by Crippen LogP contribution is 2.38. The number of nitriles is 1. The number of aromatic amines is 1. The zero-order chi connectivity index (χ0) is 32.0. The van der Waals surface area contributed by atoms with Crippen molar-refractivity contribution in [1.82, 2.24) is 20.9 Å². The van der Waals surface area contributed by atoms with Gasteiger partial charge in [0.25, 0.3) is 0 Å². The van der Waals surface area contributed by atoms with E-state index in [1.807, 2.05) is 58.0 Å². The van der Waals surface area contributed by atoms with Crippen LogP contribution in [-0.4, -0.2) is 40.5 Å². The maximum atomic E-state index is 14.1. The number of hydrogen-bond donors (Lipinski definition) is 4. The first-order valence-corrected chi connectivity index (χ1v) is 15.7. The third kappa shape index (κ3) is 7.66. The molecule has 0 spiro atoms. The van der Waals surface area contributed by atoms with Crippen LogP contribution in [0.5, 0.6) is 0 Å². The number of fused-ring (bicyclic) bond motifs is 3.